The van der Waals surface area contributed by atoms with Crippen molar-refractivity contribution in [2.24, 2.45) is 0 Å². The van der Waals surface area contributed by atoms with E-state index in [1.54, 1.807) is 43.3 Å². The summed E-state index contributed by atoms with van der Waals surface area (Å²) < 4.78 is 39.3. The molecule has 0 fully saturated rings. The highest BCUT2D eigenvalue weighted by atomic mass is 19.4. The van der Waals surface area contributed by atoms with E-state index >= 15 is 0 Å². The topological polar surface area (TPSA) is 61.4 Å². The summed E-state index contributed by atoms with van der Waals surface area (Å²) in [4.78, 5) is 22.6. The fourth-order valence-electron chi connectivity index (χ4n) is 2.54. The van der Waals surface area contributed by atoms with E-state index in [1.807, 2.05) is 13.8 Å². The van der Waals surface area contributed by atoms with Crippen molar-refractivity contribution in [1.82, 2.24) is 14.9 Å². The third-order valence-electron chi connectivity index (χ3n) is 4.05. The summed E-state index contributed by atoms with van der Waals surface area (Å²) in [5.41, 5.74) is 0.444. The van der Waals surface area contributed by atoms with Crippen LogP contribution in [0.3, 0.4) is 0 Å². The molecule has 0 aliphatic rings. The zero-order chi connectivity index (χ0) is 21.1. The Kier molecular flexibility index (Phi) is 6.48. The Labute approximate surface area is 162 Å². The summed E-state index contributed by atoms with van der Waals surface area (Å²) in [6.07, 6.45) is -4.57. The predicted octanol–water partition coefficient (Wildman–Crippen LogP) is 4.06. The van der Waals surface area contributed by atoms with Gasteiger partial charge in [0.1, 0.15) is 5.82 Å². The molecule has 1 amide bonds. The van der Waals surface area contributed by atoms with Crippen LogP contribution < -0.4 is 10.2 Å². The van der Waals surface area contributed by atoms with Gasteiger partial charge in [-0.2, -0.15) is 18.2 Å². The van der Waals surface area contributed by atoms with Gasteiger partial charge in [-0.1, -0.05) is 12.1 Å². The lowest BCUT2D eigenvalue weighted by atomic mass is 10.1. The van der Waals surface area contributed by atoms with Crippen molar-refractivity contribution in [2.45, 2.75) is 39.5 Å². The number of nitrogens with one attached hydrogen (secondary N) is 1. The zero-order valence-electron chi connectivity index (χ0n) is 16.5. The van der Waals surface area contributed by atoms with E-state index < -0.39 is 11.9 Å². The van der Waals surface area contributed by atoms with Crippen LogP contribution in [0.2, 0.25) is 0 Å². The van der Waals surface area contributed by atoms with E-state index in [0.29, 0.717) is 12.2 Å². The predicted molar refractivity (Wildman–Crippen MR) is 102 cm³/mol. The molecule has 152 valence electrons. The van der Waals surface area contributed by atoms with Gasteiger partial charge in [-0.3, -0.25) is 4.79 Å². The molecule has 1 aromatic carbocycles. The minimum absolute atomic E-state index is 0.0224. The third-order valence-corrected chi connectivity index (χ3v) is 4.05. The number of benzene rings is 1. The summed E-state index contributed by atoms with van der Waals surface area (Å²) in [6.45, 7) is 5.84. The van der Waals surface area contributed by atoms with Gasteiger partial charge >= 0.3 is 6.18 Å². The molecule has 0 saturated carbocycles. The standard InChI is InChI=1S/C19H24F3N5O/c1-12(2)27(13(3)28)11-14-6-8-15(9-7-14)23-18-24-16(19(20,21)22)10-17(25-18)26(4)5/h6-10,12H,11H2,1-5H3,(H,23,24,25). The second kappa shape index (κ2) is 8.45. The normalized spacial score (nSPS) is 11.5. The SMILES string of the molecule is CC(=O)N(Cc1ccc(Nc2nc(N(C)C)cc(C(F)(F)F)n2)cc1)C(C)C. The van der Waals surface area contributed by atoms with Gasteiger partial charge in [0.25, 0.3) is 0 Å². The molecule has 0 aliphatic carbocycles. The van der Waals surface area contributed by atoms with Crippen molar-refractivity contribution < 1.29 is 18.0 Å². The summed E-state index contributed by atoms with van der Waals surface area (Å²) in [5.74, 6) is -0.0138. The first-order chi connectivity index (χ1) is 13.0. The minimum atomic E-state index is -4.57. The van der Waals surface area contributed by atoms with Crippen molar-refractivity contribution in [3.63, 3.8) is 0 Å². The maximum Gasteiger partial charge on any atom is 0.433 e. The van der Waals surface area contributed by atoms with Crippen LogP contribution in [-0.4, -0.2) is 40.9 Å². The van der Waals surface area contributed by atoms with E-state index in [1.165, 1.54) is 11.8 Å². The number of carbonyl (C=O) groups excluding carboxylic acids is 1. The van der Waals surface area contributed by atoms with Crippen LogP contribution in [0.5, 0.6) is 0 Å². The number of alkyl halides is 3. The summed E-state index contributed by atoms with van der Waals surface area (Å²) in [5, 5.41) is 2.81. The summed E-state index contributed by atoms with van der Waals surface area (Å²) >= 11 is 0. The molecule has 0 bridgehead atoms. The first kappa shape index (κ1) is 21.5. The minimum Gasteiger partial charge on any atom is -0.363 e. The van der Waals surface area contributed by atoms with Crippen LogP contribution in [0.25, 0.3) is 0 Å². The highest BCUT2D eigenvalue weighted by molar-refractivity contribution is 5.73. The number of amides is 1. The number of anilines is 3. The average Bonchev–Trinajstić information content (AvgIpc) is 2.59. The summed E-state index contributed by atoms with van der Waals surface area (Å²) in [6, 6.07) is 8.01. The molecule has 0 unspecified atom stereocenters. The molecule has 1 N–H and O–H groups in total. The van der Waals surface area contributed by atoms with Crippen LogP contribution in [-0.2, 0) is 17.5 Å². The van der Waals surface area contributed by atoms with Gasteiger partial charge in [-0.25, -0.2) is 4.98 Å². The number of rotatable bonds is 6. The molecule has 0 radical (unpaired) electrons. The van der Waals surface area contributed by atoms with Crippen LogP contribution in [0.4, 0.5) is 30.6 Å². The van der Waals surface area contributed by atoms with Crippen LogP contribution >= 0.6 is 0 Å². The van der Waals surface area contributed by atoms with Gasteiger partial charge in [0.15, 0.2) is 5.69 Å². The molecule has 0 saturated heterocycles. The maximum atomic E-state index is 13.1. The van der Waals surface area contributed by atoms with Crippen molar-refractivity contribution in [1.29, 1.82) is 0 Å². The lowest BCUT2D eigenvalue weighted by Gasteiger charge is -2.25. The monoisotopic (exact) mass is 395 g/mol. The Bertz CT molecular complexity index is 819. The van der Waals surface area contributed by atoms with Gasteiger partial charge in [0, 0.05) is 45.4 Å². The Morgan fingerprint density at radius 2 is 1.75 bits per heavy atom. The van der Waals surface area contributed by atoms with Gasteiger partial charge < -0.3 is 15.1 Å². The number of hydrogen-bond acceptors (Lipinski definition) is 5. The van der Waals surface area contributed by atoms with Crippen LogP contribution in [0.1, 0.15) is 32.0 Å². The highest BCUT2D eigenvalue weighted by Crippen LogP contribution is 2.30. The van der Waals surface area contributed by atoms with E-state index in [9.17, 15) is 18.0 Å². The number of carbonyl (C=O) groups is 1. The molecule has 2 aromatic rings. The third kappa shape index (κ3) is 5.58. The van der Waals surface area contributed by atoms with Crippen LogP contribution in [0, 0.1) is 0 Å². The maximum absolute atomic E-state index is 13.1. The molecular weight excluding hydrogens is 371 g/mol. The number of halogens is 3. The second-order valence-corrected chi connectivity index (χ2v) is 6.89. The molecule has 6 nitrogen and oxygen atoms in total. The van der Waals surface area contributed by atoms with E-state index in [0.717, 1.165) is 11.6 Å². The van der Waals surface area contributed by atoms with Gasteiger partial charge in [0.05, 0.1) is 0 Å². The van der Waals surface area contributed by atoms with Crippen molar-refractivity contribution >= 4 is 23.4 Å². The van der Waals surface area contributed by atoms with Gasteiger partial charge in [0.2, 0.25) is 11.9 Å². The molecule has 9 heteroatoms. The molecule has 28 heavy (non-hydrogen) atoms. The van der Waals surface area contributed by atoms with Crippen molar-refractivity contribution in [3.8, 4) is 0 Å². The first-order valence-electron chi connectivity index (χ1n) is 8.74. The Morgan fingerprint density at radius 1 is 1.14 bits per heavy atom. The lowest BCUT2D eigenvalue weighted by molar-refractivity contribution is -0.141. The number of hydrogen-bond donors (Lipinski definition) is 1. The molecule has 2 rings (SSSR count). The fourth-order valence-corrected chi connectivity index (χ4v) is 2.54. The molecule has 0 aliphatic heterocycles. The Hall–Kier alpha value is -2.84. The lowest BCUT2D eigenvalue weighted by Crippen LogP contribution is -2.34. The fraction of sp³-hybridized carbons (Fsp3) is 0.421. The van der Waals surface area contributed by atoms with Crippen molar-refractivity contribution in [2.75, 3.05) is 24.3 Å². The molecular formula is C19H24F3N5O. The number of aromatic nitrogens is 2. The van der Waals surface area contributed by atoms with Crippen molar-refractivity contribution in [3.05, 3.63) is 41.6 Å². The second-order valence-electron chi connectivity index (χ2n) is 6.89. The average molecular weight is 395 g/mol. The summed E-state index contributed by atoms with van der Waals surface area (Å²) in [7, 11) is 3.22. The Balaban J connectivity index is 2.22. The Morgan fingerprint density at radius 3 is 2.21 bits per heavy atom. The van der Waals surface area contributed by atoms with E-state index in [4.69, 9.17) is 0 Å². The molecule has 1 aromatic heterocycles. The quantitative estimate of drug-likeness (QED) is 0.799. The number of nitrogens with zero attached hydrogens (tertiary/aromatic N) is 4. The van der Waals surface area contributed by atoms with E-state index in [-0.39, 0.29) is 23.7 Å². The van der Waals surface area contributed by atoms with Crippen LogP contribution in [0.15, 0.2) is 30.3 Å². The zero-order valence-corrected chi connectivity index (χ0v) is 16.5. The van der Waals surface area contributed by atoms with Gasteiger partial charge in [-0.15, -0.1) is 0 Å². The smallest absolute Gasteiger partial charge is 0.363 e. The molecule has 0 atom stereocenters. The van der Waals surface area contributed by atoms with E-state index in [2.05, 4.69) is 15.3 Å². The largest absolute Gasteiger partial charge is 0.433 e. The van der Waals surface area contributed by atoms with Gasteiger partial charge in [-0.05, 0) is 31.5 Å². The highest BCUT2D eigenvalue weighted by Gasteiger charge is 2.34. The molecule has 1 heterocycles. The first-order valence-corrected chi connectivity index (χ1v) is 8.74. The molecule has 0 spiro atoms.